The zero-order chi connectivity index (χ0) is 11.1. The highest BCUT2D eigenvalue weighted by atomic mass is 32.1. The smallest absolute Gasteiger partial charge is 0.223 e. The minimum Gasteiger partial charge on any atom is -0.349 e. The van der Waals surface area contributed by atoms with Gasteiger partial charge in [0.2, 0.25) is 5.91 Å². The summed E-state index contributed by atoms with van der Waals surface area (Å²) in [5.74, 6) is 0.118. The molecule has 1 amide bonds. The van der Waals surface area contributed by atoms with Gasteiger partial charge in [-0.25, -0.2) is 4.98 Å². The third-order valence-electron chi connectivity index (χ3n) is 2.19. The molecule has 3 N–H and O–H groups in total. The Morgan fingerprint density at radius 1 is 1.73 bits per heavy atom. The molecule has 1 rings (SSSR count). The van der Waals surface area contributed by atoms with Gasteiger partial charge in [-0.2, -0.15) is 0 Å². The molecule has 0 aromatic carbocycles. The standard InChI is InChI=1S/C10H17N3OS/c1-8(3-2-4-11)10(14)13-7-9-12-5-6-15-9/h5-6,8H,2-4,7,11H2,1H3,(H,13,14). The molecule has 0 aliphatic heterocycles. The van der Waals surface area contributed by atoms with Crippen LogP contribution in [0.3, 0.4) is 0 Å². The zero-order valence-electron chi connectivity index (χ0n) is 8.90. The fraction of sp³-hybridized carbons (Fsp3) is 0.600. The summed E-state index contributed by atoms with van der Waals surface area (Å²) >= 11 is 1.55. The first-order valence-electron chi connectivity index (χ1n) is 5.10. The van der Waals surface area contributed by atoms with Crippen LogP contribution in [0.2, 0.25) is 0 Å². The van der Waals surface area contributed by atoms with Crippen molar-refractivity contribution < 1.29 is 4.79 Å². The maximum atomic E-state index is 11.6. The van der Waals surface area contributed by atoms with E-state index in [0.717, 1.165) is 17.8 Å². The molecule has 0 aliphatic carbocycles. The monoisotopic (exact) mass is 227 g/mol. The van der Waals surface area contributed by atoms with Crippen molar-refractivity contribution in [2.75, 3.05) is 6.54 Å². The fourth-order valence-electron chi connectivity index (χ4n) is 1.23. The van der Waals surface area contributed by atoms with Crippen LogP contribution in [0, 0.1) is 5.92 Å². The lowest BCUT2D eigenvalue weighted by molar-refractivity contribution is -0.124. The first-order chi connectivity index (χ1) is 7.24. The van der Waals surface area contributed by atoms with E-state index in [1.165, 1.54) is 0 Å². The molecule has 1 aromatic rings. The average Bonchev–Trinajstić information content (AvgIpc) is 2.75. The Labute approximate surface area is 93.9 Å². The SMILES string of the molecule is CC(CCCN)C(=O)NCc1nccs1. The van der Waals surface area contributed by atoms with E-state index in [9.17, 15) is 4.79 Å². The Morgan fingerprint density at radius 3 is 3.13 bits per heavy atom. The molecule has 5 heteroatoms. The summed E-state index contributed by atoms with van der Waals surface area (Å²) in [6, 6.07) is 0. The second-order valence-electron chi connectivity index (χ2n) is 3.48. The van der Waals surface area contributed by atoms with Gasteiger partial charge >= 0.3 is 0 Å². The van der Waals surface area contributed by atoms with Crippen molar-refractivity contribution in [2.24, 2.45) is 11.7 Å². The van der Waals surface area contributed by atoms with Crippen molar-refractivity contribution in [3.05, 3.63) is 16.6 Å². The molecule has 1 unspecified atom stereocenters. The van der Waals surface area contributed by atoms with Crippen molar-refractivity contribution >= 4 is 17.2 Å². The third kappa shape index (κ3) is 4.40. The molecule has 1 atom stereocenters. The normalized spacial score (nSPS) is 12.4. The Bertz CT molecular complexity index is 287. The Hall–Kier alpha value is -0.940. The molecule has 15 heavy (non-hydrogen) atoms. The summed E-state index contributed by atoms with van der Waals surface area (Å²) in [7, 11) is 0. The Morgan fingerprint density at radius 2 is 2.53 bits per heavy atom. The van der Waals surface area contributed by atoms with Gasteiger partial charge in [-0.05, 0) is 19.4 Å². The van der Waals surface area contributed by atoms with Crippen molar-refractivity contribution in [2.45, 2.75) is 26.3 Å². The van der Waals surface area contributed by atoms with Crippen molar-refractivity contribution in [1.82, 2.24) is 10.3 Å². The lowest BCUT2D eigenvalue weighted by Crippen LogP contribution is -2.29. The molecule has 1 aromatic heterocycles. The molecular formula is C10H17N3OS. The second-order valence-corrected chi connectivity index (χ2v) is 4.45. The molecule has 4 nitrogen and oxygen atoms in total. The van der Waals surface area contributed by atoms with E-state index in [-0.39, 0.29) is 11.8 Å². The Kier molecular flexibility index (Phi) is 5.28. The number of carbonyl (C=O) groups excluding carboxylic acids is 1. The number of hydrogen-bond acceptors (Lipinski definition) is 4. The fourth-order valence-corrected chi connectivity index (χ4v) is 1.79. The number of nitrogens with zero attached hydrogens (tertiary/aromatic N) is 1. The first-order valence-corrected chi connectivity index (χ1v) is 5.98. The van der Waals surface area contributed by atoms with Crippen LogP contribution in [0.25, 0.3) is 0 Å². The zero-order valence-corrected chi connectivity index (χ0v) is 9.72. The van der Waals surface area contributed by atoms with Crippen LogP contribution < -0.4 is 11.1 Å². The predicted molar refractivity (Wildman–Crippen MR) is 61.4 cm³/mol. The van der Waals surface area contributed by atoms with E-state index in [0.29, 0.717) is 13.1 Å². The number of aromatic nitrogens is 1. The van der Waals surface area contributed by atoms with Gasteiger partial charge in [-0.1, -0.05) is 6.92 Å². The van der Waals surface area contributed by atoms with Gasteiger partial charge in [0.15, 0.2) is 0 Å². The second kappa shape index (κ2) is 6.53. The number of carbonyl (C=O) groups is 1. The minimum atomic E-state index is 0.0357. The maximum absolute atomic E-state index is 11.6. The highest BCUT2D eigenvalue weighted by Gasteiger charge is 2.11. The highest BCUT2D eigenvalue weighted by molar-refractivity contribution is 7.09. The van der Waals surface area contributed by atoms with Gasteiger partial charge in [0, 0.05) is 17.5 Å². The number of nitrogens with two attached hydrogens (primary N) is 1. The predicted octanol–water partition coefficient (Wildman–Crippen LogP) is 1.13. The van der Waals surface area contributed by atoms with Crippen LogP contribution in [0.4, 0.5) is 0 Å². The molecule has 0 fully saturated rings. The largest absolute Gasteiger partial charge is 0.349 e. The summed E-state index contributed by atoms with van der Waals surface area (Å²) in [6.07, 6.45) is 3.48. The molecule has 0 bridgehead atoms. The number of nitrogens with one attached hydrogen (secondary N) is 1. The highest BCUT2D eigenvalue weighted by Crippen LogP contribution is 2.06. The van der Waals surface area contributed by atoms with Crippen LogP contribution in [0.1, 0.15) is 24.8 Å². The van der Waals surface area contributed by atoms with Gasteiger partial charge in [-0.3, -0.25) is 4.79 Å². The Balaban J connectivity index is 2.23. The third-order valence-corrected chi connectivity index (χ3v) is 2.97. The van der Waals surface area contributed by atoms with E-state index in [2.05, 4.69) is 10.3 Å². The molecular weight excluding hydrogens is 210 g/mol. The van der Waals surface area contributed by atoms with Gasteiger partial charge in [0.05, 0.1) is 6.54 Å². The first kappa shape index (κ1) is 12.1. The topological polar surface area (TPSA) is 68.0 Å². The van der Waals surface area contributed by atoms with E-state index < -0.39 is 0 Å². The van der Waals surface area contributed by atoms with E-state index >= 15 is 0 Å². The molecule has 84 valence electrons. The minimum absolute atomic E-state index is 0.0357. The molecule has 0 aliphatic rings. The lowest BCUT2D eigenvalue weighted by Gasteiger charge is -2.10. The summed E-state index contributed by atoms with van der Waals surface area (Å²) in [5.41, 5.74) is 5.39. The van der Waals surface area contributed by atoms with Crippen LogP contribution in [-0.2, 0) is 11.3 Å². The number of amides is 1. The summed E-state index contributed by atoms with van der Waals surface area (Å²) in [5, 5.41) is 5.70. The van der Waals surface area contributed by atoms with Crippen molar-refractivity contribution in [1.29, 1.82) is 0 Å². The number of hydrogen-bond donors (Lipinski definition) is 2. The van der Waals surface area contributed by atoms with Gasteiger partial charge < -0.3 is 11.1 Å². The molecule has 1 heterocycles. The number of rotatable bonds is 6. The van der Waals surface area contributed by atoms with Crippen LogP contribution in [0.5, 0.6) is 0 Å². The van der Waals surface area contributed by atoms with E-state index in [4.69, 9.17) is 5.73 Å². The summed E-state index contributed by atoms with van der Waals surface area (Å²) < 4.78 is 0. The molecule has 0 saturated heterocycles. The van der Waals surface area contributed by atoms with Crippen molar-refractivity contribution in [3.63, 3.8) is 0 Å². The van der Waals surface area contributed by atoms with E-state index in [1.54, 1.807) is 17.5 Å². The van der Waals surface area contributed by atoms with Gasteiger partial charge in [0.25, 0.3) is 0 Å². The van der Waals surface area contributed by atoms with Crippen LogP contribution in [0.15, 0.2) is 11.6 Å². The molecule has 0 radical (unpaired) electrons. The van der Waals surface area contributed by atoms with Crippen LogP contribution in [-0.4, -0.2) is 17.4 Å². The summed E-state index contributed by atoms with van der Waals surface area (Å²) in [4.78, 5) is 15.7. The average molecular weight is 227 g/mol. The quantitative estimate of drug-likeness (QED) is 0.765. The van der Waals surface area contributed by atoms with E-state index in [1.807, 2.05) is 12.3 Å². The number of thiazole rings is 1. The molecule has 0 saturated carbocycles. The molecule has 0 spiro atoms. The lowest BCUT2D eigenvalue weighted by atomic mass is 10.1. The van der Waals surface area contributed by atoms with Gasteiger partial charge in [0.1, 0.15) is 5.01 Å². The maximum Gasteiger partial charge on any atom is 0.223 e. The van der Waals surface area contributed by atoms with Gasteiger partial charge in [-0.15, -0.1) is 11.3 Å². The van der Waals surface area contributed by atoms with Crippen molar-refractivity contribution in [3.8, 4) is 0 Å². The summed E-state index contributed by atoms with van der Waals surface area (Å²) in [6.45, 7) is 3.10. The van der Waals surface area contributed by atoms with Crippen LogP contribution >= 0.6 is 11.3 Å².